The number of aliphatic hydroxyl groups is 1. The van der Waals surface area contributed by atoms with Gasteiger partial charge >= 0.3 is 5.97 Å². The van der Waals surface area contributed by atoms with Crippen LogP contribution < -0.4 is 4.74 Å². The molecular weight excluding hydrogens is 323 g/mol. The van der Waals surface area contributed by atoms with Crippen molar-refractivity contribution >= 4 is 5.97 Å². The fraction of sp³-hybridized carbons (Fsp3) is 0.350. The summed E-state index contributed by atoms with van der Waals surface area (Å²) >= 11 is 0. The van der Waals surface area contributed by atoms with Crippen LogP contribution in [-0.4, -0.2) is 16.2 Å². The van der Waals surface area contributed by atoms with E-state index in [4.69, 9.17) is 4.74 Å². The standard InChI is InChI=1S/C20H21FO4/c1-11-19(24)16(18(21)17(10-22)20(11)25-12(2)23)9-13-3-5-14(6-4-13)15-7-8-15/h3-6,15,22,24H,7-10H2,1-2H3. The van der Waals surface area contributed by atoms with Crippen molar-refractivity contribution < 1.29 is 24.1 Å². The number of benzene rings is 2. The number of aliphatic hydroxyl groups excluding tert-OH is 1. The molecule has 25 heavy (non-hydrogen) atoms. The largest absolute Gasteiger partial charge is 0.507 e. The van der Waals surface area contributed by atoms with Crippen LogP contribution in [0.5, 0.6) is 11.5 Å². The lowest BCUT2D eigenvalue weighted by Crippen LogP contribution is -2.10. The number of hydrogen-bond donors (Lipinski definition) is 2. The van der Waals surface area contributed by atoms with E-state index >= 15 is 0 Å². The molecule has 0 atom stereocenters. The van der Waals surface area contributed by atoms with E-state index in [2.05, 4.69) is 0 Å². The number of hydrogen-bond acceptors (Lipinski definition) is 4. The van der Waals surface area contributed by atoms with Crippen LogP contribution in [0.1, 0.15) is 53.5 Å². The predicted octanol–water partition coefficient (Wildman–Crippen LogP) is 3.73. The Kier molecular flexibility index (Phi) is 4.77. The van der Waals surface area contributed by atoms with Crippen LogP contribution >= 0.6 is 0 Å². The van der Waals surface area contributed by atoms with Gasteiger partial charge in [0.2, 0.25) is 0 Å². The van der Waals surface area contributed by atoms with E-state index in [9.17, 15) is 19.4 Å². The van der Waals surface area contributed by atoms with Gasteiger partial charge in [-0.2, -0.15) is 0 Å². The molecule has 5 heteroatoms. The van der Waals surface area contributed by atoms with Crippen molar-refractivity contribution in [3.05, 3.63) is 57.9 Å². The van der Waals surface area contributed by atoms with Gasteiger partial charge in [0.05, 0.1) is 12.2 Å². The first-order valence-corrected chi connectivity index (χ1v) is 8.33. The molecule has 1 aliphatic carbocycles. The molecule has 3 rings (SSSR count). The van der Waals surface area contributed by atoms with Crippen molar-refractivity contribution in [3.8, 4) is 11.5 Å². The van der Waals surface area contributed by atoms with Crippen LogP contribution in [0.15, 0.2) is 24.3 Å². The Bertz CT molecular complexity index is 808. The topological polar surface area (TPSA) is 66.8 Å². The predicted molar refractivity (Wildman–Crippen MR) is 91.3 cm³/mol. The molecule has 0 aromatic heterocycles. The monoisotopic (exact) mass is 344 g/mol. The van der Waals surface area contributed by atoms with Gasteiger partial charge in [0.25, 0.3) is 0 Å². The summed E-state index contributed by atoms with van der Waals surface area (Å²) in [5.74, 6) is -1.10. The molecule has 0 amide bonds. The number of esters is 1. The van der Waals surface area contributed by atoms with Gasteiger partial charge in [0, 0.05) is 24.5 Å². The first kappa shape index (κ1) is 17.4. The molecule has 0 spiro atoms. The highest BCUT2D eigenvalue weighted by Crippen LogP contribution is 2.41. The van der Waals surface area contributed by atoms with Gasteiger partial charge in [-0.3, -0.25) is 4.79 Å². The SMILES string of the molecule is CC(=O)Oc1c(C)c(O)c(Cc2ccc(C3CC3)cc2)c(F)c1CO. The first-order valence-electron chi connectivity index (χ1n) is 8.33. The summed E-state index contributed by atoms with van der Waals surface area (Å²) in [6.07, 6.45) is 2.62. The van der Waals surface area contributed by atoms with Crippen LogP contribution in [0.4, 0.5) is 4.39 Å². The van der Waals surface area contributed by atoms with Crippen molar-refractivity contribution in [3.63, 3.8) is 0 Å². The Morgan fingerprint density at radius 2 is 1.88 bits per heavy atom. The number of ether oxygens (including phenoxy) is 1. The molecule has 1 saturated carbocycles. The zero-order valence-electron chi connectivity index (χ0n) is 14.3. The maximum Gasteiger partial charge on any atom is 0.308 e. The fourth-order valence-corrected chi connectivity index (χ4v) is 3.06. The number of carbonyl (C=O) groups excluding carboxylic acids is 1. The molecule has 132 valence electrons. The third-order valence-electron chi connectivity index (χ3n) is 4.60. The van der Waals surface area contributed by atoms with Crippen LogP contribution in [0.3, 0.4) is 0 Å². The Balaban J connectivity index is 1.97. The summed E-state index contributed by atoms with van der Waals surface area (Å²) in [5.41, 5.74) is 2.37. The van der Waals surface area contributed by atoms with E-state index < -0.39 is 18.4 Å². The number of aromatic hydroxyl groups is 1. The lowest BCUT2D eigenvalue weighted by atomic mass is 9.96. The molecule has 2 aromatic carbocycles. The fourth-order valence-electron chi connectivity index (χ4n) is 3.06. The van der Waals surface area contributed by atoms with Gasteiger partial charge in [-0.15, -0.1) is 0 Å². The highest BCUT2D eigenvalue weighted by Gasteiger charge is 2.25. The third-order valence-corrected chi connectivity index (χ3v) is 4.60. The molecule has 0 aliphatic heterocycles. The van der Waals surface area contributed by atoms with Gasteiger partial charge in [-0.05, 0) is 36.8 Å². The van der Waals surface area contributed by atoms with E-state index in [0.717, 1.165) is 5.56 Å². The highest BCUT2D eigenvalue weighted by molar-refractivity contribution is 5.71. The molecular formula is C20H21FO4. The minimum atomic E-state index is -0.742. The number of phenols is 1. The van der Waals surface area contributed by atoms with Gasteiger partial charge in [-0.1, -0.05) is 24.3 Å². The third kappa shape index (κ3) is 3.51. The van der Waals surface area contributed by atoms with Crippen LogP contribution in [0.25, 0.3) is 0 Å². The second-order valence-electron chi connectivity index (χ2n) is 6.52. The highest BCUT2D eigenvalue weighted by atomic mass is 19.1. The molecule has 1 fully saturated rings. The van der Waals surface area contributed by atoms with E-state index in [1.54, 1.807) is 0 Å². The lowest BCUT2D eigenvalue weighted by molar-refractivity contribution is -0.132. The van der Waals surface area contributed by atoms with Crippen molar-refractivity contribution in [2.24, 2.45) is 0 Å². The van der Waals surface area contributed by atoms with E-state index in [1.165, 1.54) is 32.3 Å². The van der Waals surface area contributed by atoms with Gasteiger partial charge in [0.15, 0.2) is 0 Å². The van der Waals surface area contributed by atoms with Crippen molar-refractivity contribution in [2.45, 2.75) is 45.6 Å². The van der Waals surface area contributed by atoms with Crippen LogP contribution in [0, 0.1) is 12.7 Å². The number of halogens is 1. The van der Waals surface area contributed by atoms with Crippen LogP contribution in [0.2, 0.25) is 0 Å². The van der Waals surface area contributed by atoms with E-state index in [0.29, 0.717) is 5.92 Å². The van der Waals surface area contributed by atoms with Crippen molar-refractivity contribution in [1.82, 2.24) is 0 Å². The summed E-state index contributed by atoms with van der Waals surface area (Å²) in [4.78, 5) is 11.2. The Morgan fingerprint density at radius 3 is 2.40 bits per heavy atom. The Morgan fingerprint density at radius 1 is 1.24 bits per heavy atom. The maximum absolute atomic E-state index is 14.8. The van der Waals surface area contributed by atoms with E-state index in [-0.39, 0.29) is 34.6 Å². The van der Waals surface area contributed by atoms with Gasteiger partial charge in [0.1, 0.15) is 17.3 Å². The maximum atomic E-state index is 14.8. The molecule has 0 saturated heterocycles. The van der Waals surface area contributed by atoms with Gasteiger partial charge in [-0.25, -0.2) is 4.39 Å². The van der Waals surface area contributed by atoms with Crippen LogP contribution in [-0.2, 0) is 17.8 Å². The first-order chi connectivity index (χ1) is 11.9. The zero-order valence-corrected chi connectivity index (χ0v) is 14.3. The molecule has 1 aliphatic rings. The number of rotatable bonds is 5. The molecule has 0 bridgehead atoms. The Hall–Kier alpha value is -2.40. The average molecular weight is 344 g/mol. The summed E-state index contributed by atoms with van der Waals surface area (Å²) in [7, 11) is 0. The summed E-state index contributed by atoms with van der Waals surface area (Å²) < 4.78 is 19.8. The minimum Gasteiger partial charge on any atom is -0.507 e. The summed E-state index contributed by atoms with van der Waals surface area (Å²) in [6, 6.07) is 7.94. The second-order valence-corrected chi connectivity index (χ2v) is 6.52. The average Bonchev–Trinajstić information content (AvgIpc) is 3.42. The van der Waals surface area contributed by atoms with Crippen molar-refractivity contribution in [1.29, 1.82) is 0 Å². The minimum absolute atomic E-state index is 0.0941. The molecule has 4 nitrogen and oxygen atoms in total. The molecule has 0 radical (unpaired) electrons. The molecule has 2 aromatic rings. The van der Waals surface area contributed by atoms with Gasteiger partial charge < -0.3 is 14.9 Å². The normalized spacial score (nSPS) is 13.8. The Labute approximate surface area is 145 Å². The number of phenolic OH excluding ortho intramolecular Hbond substituents is 1. The number of carbonyl (C=O) groups is 1. The smallest absolute Gasteiger partial charge is 0.308 e. The van der Waals surface area contributed by atoms with E-state index in [1.807, 2.05) is 24.3 Å². The molecule has 0 heterocycles. The molecule has 2 N–H and O–H groups in total. The quantitative estimate of drug-likeness (QED) is 0.641. The second kappa shape index (κ2) is 6.84. The van der Waals surface area contributed by atoms with Crippen molar-refractivity contribution in [2.75, 3.05) is 0 Å². The molecule has 0 unspecified atom stereocenters. The summed E-state index contributed by atoms with van der Waals surface area (Å²) in [5, 5.41) is 19.9. The summed E-state index contributed by atoms with van der Waals surface area (Å²) in [6.45, 7) is 2.10. The zero-order chi connectivity index (χ0) is 18.1. The lowest BCUT2D eigenvalue weighted by Gasteiger charge is -2.17.